The second-order valence-electron chi connectivity index (χ2n) is 5.65. The molecule has 1 rings (SSSR count). The number of amides is 1. The first kappa shape index (κ1) is 17.6. The second-order valence-corrected chi connectivity index (χ2v) is 6.49. The Balaban J connectivity index is 3.30. The van der Waals surface area contributed by atoms with Gasteiger partial charge in [0.25, 0.3) is 5.91 Å². The number of benzene rings is 1. The molecule has 2 N–H and O–H groups in total. The maximum absolute atomic E-state index is 12.0. The van der Waals surface area contributed by atoms with Crippen LogP contribution in [0.25, 0.3) is 0 Å². The van der Waals surface area contributed by atoms with Crippen molar-refractivity contribution < 1.29 is 9.53 Å². The van der Waals surface area contributed by atoms with Gasteiger partial charge in [-0.3, -0.25) is 4.79 Å². The molecule has 2 unspecified atom stereocenters. The minimum Gasteiger partial charge on any atom is -0.476 e. The summed E-state index contributed by atoms with van der Waals surface area (Å²) in [4.78, 5) is 12.0. The van der Waals surface area contributed by atoms with E-state index in [0.717, 1.165) is 0 Å². The van der Waals surface area contributed by atoms with Gasteiger partial charge in [-0.25, -0.2) is 0 Å². The first-order valence-corrected chi connectivity index (χ1v) is 7.15. The molecule has 0 aliphatic heterocycles. The van der Waals surface area contributed by atoms with Gasteiger partial charge in [0.05, 0.1) is 17.0 Å². The Labute approximate surface area is 134 Å². The van der Waals surface area contributed by atoms with Gasteiger partial charge in [0.2, 0.25) is 0 Å². The zero-order chi connectivity index (χ0) is 16.4. The van der Waals surface area contributed by atoms with Gasteiger partial charge >= 0.3 is 0 Å². The molecule has 1 aromatic carbocycles. The molecule has 21 heavy (non-hydrogen) atoms. The van der Waals surface area contributed by atoms with Crippen molar-refractivity contribution in [3.8, 4) is 11.8 Å². The topological polar surface area (TPSA) is 76.1 Å². The fourth-order valence-corrected chi connectivity index (χ4v) is 2.30. The van der Waals surface area contributed by atoms with Gasteiger partial charge in [-0.05, 0) is 32.0 Å². The van der Waals surface area contributed by atoms with Gasteiger partial charge in [-0.1, -0.05) is 37.0 Å². The number of nitrogens with two attached hydrogens (primary N) is 1. The molecular weight excluding hydrogens is 311 g/mol. The van der Waals surface area contributed by atoms with E-state index in [1.807, 2.05) is 0 Å². The third-order valence-corrected chi connectivity index (χ3v) is 4.71. The molecule has 1 amide bonds. The number of rotatable bonds is 5. The highest BCUT2D eigenvalue weighted by molar-refractivity contribution is 6.35. The van der Waals surface area contributed by atoms with Gasteiger partial charge in [0.1, 0.15) is 5.75 Å². The van der Waals surface area contributed by atoms with Crippen molar-refractivity contribution in [2.45, 2.75) is 33.3 Å². The van der Waals surface area contributed by atoms with E-state index in [2.05, 4.69) is 6.07 Å². The van der Waals surface area contributed by atoms with E-state index in [0.29, 0.717) is 10.8 Å². The van der Waals surface area contributed by atoms with Crippen LogP contribution >= 0.6 is 23.2 Å². The minimum absolute atomic E-state index is 0.274. The van der Waals surface area contributed by atoms with Crippen molar-refractivity contribution in [1.29, 1.82) is 5.26 Å². The molecule has 0 spiro atoms. The Morgan fingerprint density at radius 1 is 1.38 bits per heavy atom. The molecule has 6 heteroatoms. The molecular formula is C15H18Cl2N2O2. The van der Waals surface area contributed by atoms with Crippen molar-refractivity contribution in [3.05, 3.63) is 28.2 Å². The number of primary amides is 1. The summed E-state index contributed by atoms with van der Waals surface area (Å²) in [5.74, 6) is -0.831. The number of halogens is 2. The number of carbonyl (C=O) groups is 1. The lowest BCUT2D eigenvalue weighted by Crippen LogP contribution is -2.58. The molecule has 0 aliphatic rings. The first-order valence-electron chi connectivity index (χ1n) is 6.40. The van der Waals surface area contributed by atoms with Crippen LogP contribution in [-0.2, 0) is 4.79 Å². The monoisotopic (exact) mass is 328 g/mol. The van der Waals surface area contributed by atoms with Crippen LogP contribution in [0.5, 0.6) is 5.75 Å². The van der Waals surface area contributed by atoms with Crippen LogP contribution in [0.3, 0.4) is 0 Å². The third-order valence-electron chi connectivity index (χ3n) is 4.18. The average Bonchev–Trinajstić information content (AvgIpc) is 2.40. The van der Waals surface area contributed by atoms with Gasteiger partial charge in [0.15, 0.2) is 5.60 Å². The highest BCUT2D eigenvalue weighted by Gasteiger charge is 2.52. The average molecular weight is 329 g/mol. The lowest BCUT2D eigenvalue weighted by molar-refractivity contribution is -0.144. The number of nitrogens with zero attached hydrogens (tertiary/aromatic N) is 1. The molecule has 4 nitrogen and oxygen atoms in total. The van der Waals surface area contributed by atoms with Crippen molar-refractivity contribution in [2.75, 3.05) is 0 Å². The number of hydrogen-bond donors (Lipinski definition) is 1. The van der Waals surface area contributed by atoms with Crippen LogP contribution in [0, 0.1) is 22.7 Å². The largest absolute Gasteiger partial charge is 0.476 e. The summed E-state index contributed by atoms with van der Waals surface area (Å²) in [6.07, 6.45) is 0. The Bertz CT molecular complexity index is 596. The number of hydrogen-bond acceptors (Lipinski definition) is 3. The Morgan fingerprint density at radius 3 is 2.38 bits per heavy atom. The number of nitriles is 1. The van der Waals surface area contributed by atoms with E-state index in [1.54, 1.807) is 39.8 Å². The molecule has 0 bridgehead atoms. The Hall–Kier alpha value is -1.44. The molecule has 0 radical (unpaired) electrons. The summed E-state index contributed by atoms with van der Waals surface area (Å²) in [6, 6.07) is 6.82. The Morgan fingerprint density at radius 2 is 1.95 bits per heavy atom. The summed E-state index contributed by atoms with van der Waals surface area (Å²) in [5, 5.41) is 9.90. The summed E-state index contributed by atoms with van der Waals surface area (Å²) in [5.41, 5.74) is 3.31. The SMILES string of the molecule is CC(C#N)C(C)(C)C(C)(Oc1ccc(Cl)cc1Cl)C(N)=O. The van der Waals surface area contributed by atoms with Crippen molar-refractivity contribution >= 4 is 29.1 Å². The molecule has 2 atom stereocenters. The van der Waals surface area contributed by atoms with Gasteiger partial charge < -0.3 is 10.5 Å². The fraction of sp³-hybridized carbons (Fsp3) is 0.467. The zero-order valence-corrected chi connectivity index (χ0v) is 13.9. The molecule has 0 saturated heterocycles. The van der Waals surface area contributed by atoms with E-state index >= 15 is 0 Å². The highest BCUT2D eigenvalue weighted by atomic mass is 35.5. The van der Waals surface area contributed by atoms with Crippen LogP contribution in [-0.4, -0.2) is 11.5 Å². The first-order chi connectivity index (χ1) is 9.56. The molecule has 0 saturated carbocycles. The summed E-state index contributed by atoms with van der Waals surface area (Å²) >= 11 is 11.9. The normalized spacial score (nSPS) is 15.7. The van der Waals surface area contributed by atoms with Crippen LogP contribution in [0.15, 0.2) is 18.2 Å². The Kier molecular flexibility index (Phi) is 5.14. The molecule has 0 heterocycles. The van der Waals surface area contributed by atoms with E-state index in [-0.39, 0.29) is 5.02 Å². The predicted octanol–water partition coefficient (Wildman–Crippen LogP) is 3.80. The molecule has 0 aromatic heterocycles. The summed E-state index contributed by atoms with van der Waals surface area (Å²) in [7, 11) is 0. The van der Waals surface area contributed by atoms with Crippen molar-refractivity contribution in [1.82, 2.24) is 0 Å². The van der Waals surface area contributed by atoms with Crippen molar-refractivity contribution in [2.24, 2.45) is 17.1 Å². The van der Waals surface area contributed by atoms with Gasteiger partial charge in [-0.15, -0.1) is 0 Å². The van der Waals surface area contributed by atoms with Crippen LogP contribution < -0.4 is 10.5 Å². The molecule has 0 aliphatic carbocycles. The molecule has 0 fully saturated rings. The summed E-state index contributed by atoms with van der Waals surface area (Å²) < 4.78 is 5.82. The van der Waals surface area contributed by atoms with E-state index < -0.39 is 22.8 Å². The van der Waals surface area contributed by atoms with E-state index in [4.69, 9.17) is 33.7 Å². The smallest absolute Gasteiger partial charge is 0.261 e. The maximum Gasteiger partial charge on any atom is 0.261 e. The fourth-order valence-electron chi connectivity index (χ4n) is 1.85. The highest BCUT2D eigenvalue weighted by Crippen LogP contribution is 2.42. The quantitative estimate of drug-likeness (QED) is 0.892. The molecule has 114 valence electrons. The lowest BCUT2D eigenvalue weighted by atomic mass is 9.67. The van der Waals surface area contributed by atoms with Crippen LogP contribution in [0.4, 0.5) is 0 Å². The molecule has 1 aromatic rings. The van der Waals surface area contributed by atoms with Crippen LogP contribution in [0.1, 0.15) is 27.7 Å². The second kappa shape index (κ2) is 6.13. The lowest BCUT2D eigenvalue weighted by Gasteiger charge is -2.43. The predicted molar refractivity (Wildman–Crippen MR) is 83.2 cm³/mol. The minimum atomic E-state index is -1.40. The number of ether oxygens (including phenoxy) is 1. The van der Waals surface area contributed by atoms with Gasteiger partial charge in [-0.2, -0.15) is 5.26 Å². The van der Waals surface area contributed by atoms with E-state index in [9.17, 15) is 10.1 Å². The van der Waals surface area contributed by atoms with Crippen LogP contribution in [0.2, 0.25) is 10.0 Å². The zero-order valence-electron chi connectivity index (χ0n) is 12.4. The third kappa shape index (κ3) is 3.25. The number of carbonyl (C=O) groups excluding carboxylic acids is 1. The summed E-state index contributed by atoms with van der Waals surface area (Å²) in [6.45, 7) is 6.80. The van der Waals surface area contributed by atoms with Gasteiger partial charge in [0, 0.05) is 10.4 Å². The standard InChI is InChI=1S/C15H18Cl2N2O2/c1-9(8-18)14(2,3)15(4,13(19)20)21-12-6-5-10(16)7-11(12)17/h5-7,9H,1-4H3,(H2,19,20). The van der Waals surface area contributed by atoms with Crippen molar-refractivity contribution in [3.63, 3.8) is 0 Å². The maximum atomic E-state index is 12.0. The van der Waals surface area contributed by atoms with E-state index in [1.165, 1.54) is 6.07 Å².